The van der Waals surface area contributed by atoms with Gasteiger partial charge in [-0.25, -0.2) is 0 Å². The van der Waals surface area contributed by atoms with Crippen LogP contribution in [-0.4, -0.2) is 54.8 Å². The molecule has 20 heavy (non-hydrogen) atoms. The van der Waals surface area contributed by atoms with Crippen LogP contribution >= 0.6 is 0 Å². The Hall–Kier alpha value is -1.88. The summed E-state index contributed by atoms with van der Waals surface area (Å²) < 4.78 is 0. The van der Waals surface area contributed by atoms with Crippen molar-refractivity contribution in [3.05, 3.63) is 35.4 Å². The van der Waals surface area contributed by atoms with Crippen LogP contribution in [0.25, 0.3) is 0 Å². The summed E-state index contributed by atoms with van der Waals surface area (Å²) in [7, 11) is 1.67. The van der Waals surface area contributed by atoms with Gasteiger partial charge >= 0.3 is 11.8 Å². The molecule has 1 aromatic carbocycles. The van der Waals surface area contributed by atoms with Crippen LogP contribution in [0.2, 0.25) is 0 Å². The van der Waals surface area contributed by atoms with Crippen LogP contribution in [0, 0.1) is 6.92 Å². The second-order valence-electron chi connectivity index (χ2n) is 5.19. The van der Waals surface area contributed by atoms with Crippen LogP contribution in [0.3, 0.4) is 0 Å². The lowest BCUT2D eigenvalue weighted by Crippen LogP contribution is -2.51. The number of hydrogen-bond acceptors (Lipinski definition) is 3. The molecule has 1 heterocycles. The molecule has 0 radical (unpaired) electrons. The normalized spacial score (nSPS) is 15.0. The predicted octanol–water partition coefficient (Wildman–Crippen LogP) is 0.385. The molecule has 108 valence electrons. The van der Waals surface area contributed by atoms with Gasteiger partial charge in [0.05, 0.1) is 0 Å². The molecule has 1 aliphatic heterocycles. The summed E-state index contributed by atoms with van der Waals surface area (Å²) in [6.45, 7) is 5.17. The first kappa shape index (κ1) is 14.5. The summed E-state index contributed by atoms with van der Waals surface area (Å²) in [5.74, 6) is -0.838. The number of rotatable bonds is 2. The highest BCUT2D eigenvalue weighted by atomic mass is 16.2. The maximum Gasteiger partial charge on any atom is 0.312 e. The van der Waals surface area contributed by atoms with E-state index in [1.165, 1.54) is 4.90 Å². The molecule has 5 heteroatoms. The van der Waals surface area contributed by atoms with Gasteiger partial charge in [-0.2, -0.15) is 0 Å². The summed E-state index contributed by atoms with van der Waals surface area (Å²) >= 11 is 0. The van der Waals surface area contributed by atoms with Crippen molar-refractivity contribution < 1.29 is 9.59 Å². The number of carbonyl (C=O) groups excluding carboxylic acids is 2. The summed E-state index contributed by atoms with van der Waals surface area (Å²) in [5, 5.41) is 3.17. The number of amides is 2. The van der Waals surface area contributed by atoms with E-state index >= 15 is 0 Å². The van der Waals surface area contributed by atoms with Gasteiger partial charge in [-0.3, -0.25) is 9.59 Å². The summed E-state index contributed by atoms with van der Waals surface area (Å²) in [6.07, 6.45) is 0. The lowest BCUT2D eigenvalue weighted by Gasteiger charge is -2.28. The second kappa shape index (κ2) is 6.52. The minimum atomic E-state index is -0.437. The molecule has 0 atom stereocenters. The number of likely N-dealkylation sites (N-methyl/N-ethyl adjacent to an activating group) is 1. The van der Waals surface area contributed by atoms with Crippen LogP contribution in [0.1, 0.15) is 11.1 Å². The average Bonchev–Trinajstić information content (AvgIpc) is 2.46. The lowest BCUT2D eigenvalue weighted by molar-refractivity contribution is -0.151. The topological polar surface area (TPSA) is 52.7 Å². The van der Waals surface area contributed by atoms with Crippen molar-refractivity contribution in [2.24, 2.45) is 0 Å². The Labute approximate surface area is 119 Å². The van der Waals surface area contributed by atoms with Crippen LogP contribution in [0.15, 0.2) is 24.3 Å². The highest BCUT2D eigenvalue weighted by Crippen LogP contribution is 2.07. The third-order valence-corrected chi connectivity index (χ3v) is 3.44. The van der Waals surface area contributed by atoms with Gasteiger partial charge in [-0.15, -0.1) is 0 Å². The maximum absolute atomic E-state index is 12.1. The molecule has 0 aliphatic carbocycles. The minimum absolute atomic E-state index is 0.401. The SMILES string of the molecule is Cc1cccc(CN(C)C(=O)C(=O)N2CCNCC2)c1. The fourth-order valence-electron chi connectivity index (χ4n) is 2.32. The molecule has 0 unspecified atom stereocenters. The Morgan fingerprint density at radius 1 is 1.30 bits per heavy atom. The molecular weight excluding hydrogens is 254 g/mol. The predicted molar refractivity (Wildman–Crippen MR) is 77.1 cm³/mol. The van der Waals surface area contributed by atoms with Crippen LogP contribution < -0.4 is 5.32 Å². The Balaban J connectivity index is 1.95. The minimum Gasteiger partial charge on any atom is -0.333 e. The zero-order chi connectivity index (χ0) is 14.5. The van der Waals surface area contributed by atoms with Gasteiger partial charge in [-0.1, -0.05) is 29.8 Å². The van der Waals surface area contributed by atoms with E-state index in [1.807, 2.05) is 31.2 Å². The first-order valence-corrected chi connectivity index (χ1v) is 6.88. The zero-order valence-corrected chi connectivity index (χ0v) is 12.1. The number of hydrogen-bond donors (Lipinski definition) is 1. The van der Waals surface area contributed by atoms with E-state index in [4.69, 9.17) is 0 Å². The van der Waals surface area contributed by atoms with E-state index in [0.29, 0.717) is 19.6 Å². The van der Waals surface area contributed by atoms with Crippen molar-refractivity contribution in [3.8, 4) is 0 Å². The third-order valence-electron chi connectivity index (χ3n) is 3.44. The molecule has 5 nitrogen and oxygen atoms in total. The molecule has 0 spiro atoms. The van der Waals surface area contributed by atoms with Crippen molar-refractivity contribution in [2.45, 2.75) is 13.5 Å². The molecule has 1 aromatic rings. The van der Waals surface area contributed by atoms with Crippen molar-refractivity contribution >= 4 is 11.8 Å². The van der Waals surface area contributed by atoms with Gasteiger partial charge in [0.15, 0.2) is 0 Å². The van der Waals surface area contributed by atoms with Crippen molar-refractivity contribution in [1.82, 2.24) is 15.1 Å². The van der Waals surface area contributed by atoms with Crippen molar-refractivity contribution in [1.29, 1.82) is 0 Å². The molecule has 0 aromatic heterocycles. The Morgan fingerprint density at radius 2 is 2.00 bits per heavy atom. The van der Waals surface area contributed by atoms with Gasteiger partial charge in [0.1, 0.15) is 0 Å². The van der Waals surface area contributed by atoms with E-state index in [0.717, 1.165) is 24.2 Å². The fraction of sp³-hybridized carbons (Fsp3) is 0.467. The molecule has 1 saturated heterocycles. The highest BCUT2D eigenvalue weighted by Gasteiger charge is 2.25. The van der Waals surface area contributed by atoms with Gasteiger partial charge in [-0.05, 0) is 12.5 Å². The second-order valence-corrected chi connectivity index (χ2v) is 5.19. The Bertz CT molecular complexity index is 496. The van der Waals surface area contributed by atoms with Crippen molar-refractivity contribution in [3.63, 3.8) is 0 Å². The van der Waals surface area contributed by atoms with Gasteiger partial charge in [0, 0.05) is 39.8 Å². The zero-order valence-electron chi connectivity index (χ0n) is 12.1. The smallest absolute Gasteiger partial charge is 0.312 e. The molecule has 2 rings (SSSR count). The first-order chi connectivity index (χ1) is 9.58. The standard InChI is InChI=1S/C15H21N3O2/c1-12-4-3-5-13(10-12)11-17(2)14(19)15(20)18-8-6-16-7-9-18/h3-5,10,16H,6-9,11H2,1-2H3. The van der Waals surface area contributed by atoms with Gasteiger partial charge in [0.25, 0.3) is 0 Å². The number of piperazine rings is 1. The first-order valence-electron chi connectivity index (χ1n) is 6.88. The quantitative estimate of drug-likeness (QED) is 0.794. The summed E-state index contributed by atoms with van der Waals surface area (Å²) in [6, 6.07) is 7.96. The molecule has 1 N–H and O–H groups in total. The monoisotopic (exact) mass is 275 g/mol. The largest absolute Gasteiger partial charge is 0.333 e. The molecule has 1 fully saturated rings. The van der Waals surface area contributed by atoms with Gasteiger partial charge < -0.3 is 15.1 Å². The molecule has 0 bridgehead atoms. The van der Waals surface area contributed by atoms with Gasteiger partial charge in [0.2, 0.25) is 0 Å². The number of nitrogens with zero attached hydrogens (tertiary/aromatic N) is 2. The van der Waals surface area contributed by atoms with Crippen LogP contribution in [0.5, 0.6) is 0 Å². The molecule has 0 saturated carbocycles. The van der Waals surface area contributed by atoms with E-state index in [9.17, 15) is 9.59 Å². The molecule has 1 aliphatic rings. The van der Waals surface area contributed by atoms with Crippen molar-refractivity contribution in [2.75, 3.05) is 33.2 Å². The van der Waals surface area contributed by atoms with Crippen LogP contribution in [0.4, 0.5) is 0 Å². The highest BCUT2D eigenvalue weighted by molar-refractivity contribution is 6.34. The summed E-state index contributed by atoms with van der Waals surface area (Å²) in [4.78, 5) is 27.4. The fourth-order valence-corrected chi connectivity index (χ4v) is 2.32. The Kier molecular flexibility index (Phi) is 4.74. The van der Waals surface area contributed by atoms with E-state index < -0.39 is 11.8 Å². The number of aryl methyl sites for hydroxylation is 1. The third kappa shape index (κ3) is 3.57. The number of benzene rings is 1. The maximum atomic E-state index is 12.1. The van der Waals surface area contributed by atoms with E-state index in [2.05, 4.69) is 5.32 Å². The average molecular weight is 275 g/mol. The lowest BCUT2D eigenvalue weighted by atomic mass is 10.1. The number of carbonyl (C=O) groups is 2. The molecular formula is C15H21N3O2. The Morgan fingerprint density at radius 3 is 2.65 bits per heavy atom. The van der Waals surface area contributed by atoms with E-state index in [-0.39, 0.29) is 0 Å². The number of nitrogens with one attached hydrogen (secondary N) is 1. The van der Waals surface area contributed by atoms with Crippen LogP contribution in [-0.2, 0) is 16.1 Å². The summed E-state index contributed by atoms with van der Waals surface area (Å²) in [5.41, 5.74) is 2.19. The van der Waals surface area contributed by atoms with E-state index in [1.54, 1.807) is 11.9 Å². The molecule has 2 amide bonds.